The standard InChI is InChI=1S/C13H18ClNO/c1-10-6-5-7-11(2)13(10)15-12(16)8-3-4-9-14/h5-7H,3-4,8-9H2,1-2H3,(H,15,16). The van der Waals surface area contributed by atoms with Gasteiger partial charge < -0.3 is 5.32 Å². The molecular weight excluding hydrogens is 222 g/mol. The van der Waals surface area contributed by atoms with Gasteiger partial charge in [-0.1, -0.05) is 18.2 Å². The lowest BCUT2D eigenvalue weighted by atomic mass is 10.1. The van der Waals surface area contributed by atoms with Crippen LogP contribution in [0.3, 0.4) is 0 Å². The fourth-order valence-corrected chi connectivity index (χ4v) is 1.78. The summed E-state index contributed by atoms with van der Waals surface area (Å²) >= 11 is 5.56. The molecular formula is C13H18ClNO. The van der Waals surface area contributed by atoms with Crippen molar-refractivity contribution in [3.8, 4) is 0 Å². The summed E-state index contributed by atoms with van der Waals surface area (Å²) in [6, 6.07) is 6.00. The number of para-hydroxylation sites is 1. The first-order chi connectivity index (χ1) is 7.65. The molecule has 2 nitrogen and oxygen atoms in total. The van der Waals surface area contributed by atoms with E-state index in [4.69, 9.17) is 11.6 Å². The van der Waals surface area contributed by atoms with Crippen LogP contribution in [0.25, 0.3) is 0 Å². The second kappa shape index (κ2) is 6.54. The number of anilines is 1. The minimum absolute atomic E-state index is 0.0718. The highest BCUT2D eigenvalue weighted by atomic mass is 35.5. The third kappa shape index (κ3) is 3.86. The summed E-state index contributed by atoms with van der Waals surface area (Å²) < 4.78 is 0. The molecule has 88 valence electrons. The van der Waals surface area contributed by atoms with Gasteiger partial charge in [0, 0.05) is 18.0 Å². The molecule has 3 heteroatoms. The average molecular weight is 240 g/mol. The van der Waals surface area contributed by atoms with Crippen LogP contribution in [0, 0.1) is 13.8 Å². The first-order valence-electron chi connectivity index (χ1n) is 5.57. The van der Waals surface area contributed by atoms with Crippen molar-refractivity contribution in [3.63, 3.8) is 0 Å². The molecule has 0 aromatic heterocycles. The highest BCUT2D eigenvalue weighted by Crippen LogP contribution is 2.19. The van der Waals surface area contributed by atoms with Gasteiger partial charge in [0.05, 0.1) is 0 Å². The van der Waals surface area contributed by atoms with Gasteiger partial charge in [-0.05, 0) is 37.8 Å². The number of carbonyl (C=O) groups is 1. The summed E-state index contributed by atoms with van der Waals surface area (Å²) in [5.41, 5.74) is 3.15. The second-order valence-corrected chi connectivity index (χ2v) is 4.34. The Bertz CT molecular complexity index is 343. The third-order valence-corrected chi connectivity index (χ3v) is 2.80. The van der Waals surface area contributed by atoms with Gasteiger partial charge in [-0.25, -0.2) is 0 Å². The first kappa shape index (κ1) is 13.0. The lowest BCUT2D eigenvalue weighted by molar-refractivity contribution is -0.116. The lowest BCUT2D eigenvalue weighted by Gasteiger charge is -2.11. The Hall–Kier alpha value is -1.02. The molecule has 0 fully saturated rings. The van der Waals surface area contributed by atoms with E-state index in [9.17, 15) is 4.79 Å². The van der Waals surface area contributed by atoms with Crippen LogP contribution in [-0.4, -0.2) is 11.8 Å². The molecule has 0 atom stereocenters. The molecule has 1 N–H and O–H groups in total. The SMILES string of the molecule is Cc1cccc(C)c1NC(=O)CCCCCl. The molecule has 0 spiro atoms. The quantitative estimate of drug-likeness (QED) is 0.617. The molecule has 0 saturated carbocycles. The smallest absolute Gasteiger partial charge is 0.224 e. The van der Waals surface area contributed by atoms with E-state index in [2.05, 4.69) is 5.32 Å². The number of hydrogen-bond donors (Lipinski definition) is 1. The summed E-state index contributed by atoms with van der Waals surface area (Å²) in [4.78, 5) is 11.6. The van der Waals surface area contributed by atoms with Gasteiger partial charge in [0.15, 0.2) is 0 Å². The largest absolute Gasteiger partial charge is 0.326 e. The van der Waals surface area contributed by atoms with Gasteiger partial charge >= 0.3 is 0 Å². The first-order valence-corrected chi connectivity index (χ1v) is 6.10. The number of rotatable bonds is 5. The zero-order valence-electron chi connectivity index (χ0n) is 9.85. The lowest BCUT2D eigenvalue weighted by Crippen LogP contribution is -2.13. The van der Waals surface area contributed by atoms with Crippen molar-refractivity contribution in [1.29, 1.82) is 0 Å². The van der Waals surface area contributed by atoms with Crippen LogP contribution in [0.2, 0.25) is 0 Å². The van der Waals surface area contributed by atoms with E-state index in [1.54, 1.807) is 0 Å². The Morgan fingerprint density at radius 1 is 1.25 bits per heavy atom. The number of alkyl halides is 1. The van der Waals surface area contributed by atoms with Crippen molar-refractivity contribution >= 4 is 23.2 Å². The maximum atomic E-state index is 11.6. The average Bonchev–Trinajstić information content (AvgIpc) is 2.24. The molecule has 0 radical (unpaired) electrons. The molecule has 0 aliphatic carbocycles. The molecule has 0 unspecified atom stereocenters. The van der Waals surface area contributed by atoms with Gasteiger partial charge in [0.1, 0.15) is 0 Å². The number of unbranched alkanes of at least 4 members (excludes halogenated alkanes) is 1. The van der Waals surface area contributed by atoms with E-state index in [-0.39, 0.29) is 5.91 Å². The van der Waals surface area contributed by atoms with Crippen LogP contribution >= 0.6 is 11.6 Å². The van der Waals surface area contributed by atoms with E-state index in [0.29, 0.717) is 12.3 Å². The Kier molecular flexibility index (Phi) is 5.33. The Morgan fingerprint density at radius 3 is 2.44 bits per heavy atom. The highest BCUT2D eigenvalue weighted by molar-refractivity contribution is 6.17. The second-order valence-electron chi connectivity index (χ2n) is 3.96. The summed E-state index contributed by atoms with van der Waals surface area (Å²) in [6.07, 6.45) is 2.28. The number of carbonyl (C=O) groups excluding carboxylic acids is 1. The van der Waals surface area contributed by atoms with Crippen molar-refractivity contribution in [2.45, 2.75) is 33.1 Å². The van der Waals surface area contributed by atoms with Crippen molar-refractivity contribution in [1.82, 2.24) is 0 Å². The summed E-state index contributed by atoms with van der Waals surface area (Å²) in [7, 11) is 0. The van der Waals surface area contributed by atoms with Crippen molar-refractivity contribution in [2.24, 2.45) is 0 Å². The minimum atomic E-state index is 0.0718. The van der Waals surface area contributed by atoms with Crippen molar-refractivity contribution < 1.29 is 4.79 Å². The van der Waals surface area contributed by atoms with Crippen LogP contribution in [0.1, 0.15) is 30.4 Å². The van der Waals surface area contributed by atoms with Crippen LogP contribution in [0.4, 0.5) is 5.69 Å². The number of amides is 1. The van der Waals surface area contributed by atoms with Crippen molar-refractivity contribution in [2.75, 3.05) is 11.2 Å². The van der Waals surface area contributed by atoms with E-state index >= 15 is 0 Å². The van der Waals surface area contributed by atoms with Crippen LogP contribution < -0.4 is 5.32 Å². The van der Waals surface area contributed by atoms with E-state index < -0.39 is 0 Å². The summed E-state index contributed by atoms with van der Waals surface area (Å²) in [5, 5.41) is 2.96. The summed E-state index contributed by atoms with van der Waals surface area (Å²) in [5.74, 6) is 0.693. The van der Waals surface area contributed by atoms with Crippen LogP contribution in [-0.2, 0) is 4.79 Å². The molecule has 1 aromatic carbocycles. The minimum Gasteiger partial charge on any atom is -0.326 e. The number of hydrogen-bond acceptors (Lipinski definition) is 1. The zero-order valence-corrected chi connectivity index (χ0v) is 10.6. The predicted molar refractivity (Wildman–Crippen MR) is 69.1 cm³/mol. The molecule has 0 heterocycles. The highest BCUT2D eigenvalue weighted by Gasteiger charge is 2.06. The Labute approximate surface area is 102 Å². The molecule has 0 bridgehead atoms. The number of benzene rings is 1. The zero-order chi connectivity index (χ0) is 12.0. The van der Waals surface area contributed by atoms with E-state index in [1.807, 2.05) is 32.0 Å². The molecule has 1 aromatic rings. The third-order valence-electron chi connectivity index (χ3n) is 2.53. The maximum absolute atomic E-state index is 11.6. The summed E-state index contributed by atoms with van der Waals surface area (Å²) in [6.45, 7) is 4.00. The van der Waals surface area contributed by atoms with Gasteiger partial charge in [0.2, 0.25) is 5.91 Å². The molecule has 0 aliphatic heterocycles. The molecule has 1 amide bonds. The normalized spacial score (nSPS) is 10.2. The topological polar surface area (TPSA) is 29.1 Å². The van der Waals surface area contributed by atoms with E-state index in [0.717, 1.165) is 29.7 Å². The van der Waals surface area contributed by atoms with E-state index in [1.165, 1.54) is 0 Å². The molecule has 0 aliphatic rings. The fraction of sp³-hybridized carbons (Fsp3) is 0.462. The van der Waals surface area contributed by atoms with Gasteiger partial charge in [-0.2, -0.15) is 0 Å². The fourth-order valence-electron chi connectivity index (χ4n) is 1.59. The molecule has 16 heavy (non-hydrogen) atoms. The van der Waals surface area contributed by atoms with Gasteiger partial charge in [0.25, 0.3) is 0 Å². The number of aryl methyl sites for hydroxylation is 2. The number of halogens is 1. The van der Waals surface area contributed by atoms with Crippen LogP contribution in [0.5, 0.6) is 0 Å². The Morgan fingerprint density at radius 2 is 1.88 bits per heavy atom. The predicted octanol–water partition coefficient (Wildman–Crippen LogP) is 3.65. The van der Waals surface area contributed by atoms with Gasteiger partial charge in [-0.15, -0.1) is 11.6 Å². The molecule has 1 rings (SSSR count). The molecule has 0 saturated heterocycles. The maximum Gasteiger partial charge on any atom is 0.224 e. The van der Waals surface area contributed by atoms with Crippen molar-refractivity contribution in [3.05, 3.63) is 29.3 Å². The van der Waals surface area contributed by atoms with Gasteiger partial charge in [-0.3, -0.25) is 4.79 Å². The monoisotopic (exact) mass is 239 g/mol. The Balaban J connectivity index is 2.56. The van der Waals surface area contributed by atoms with Crippen LogP contribution in [0.15, 0.2) is 18.2 Å². The number of nitrogens with one attached hydrogen (secondary N) is 1.